The van der Waals surface area contributed by atoms with Gasteiger partial charge in [-0.15, -0.1) is 10.2 Å². The highest BCUT2D eigenvalue weighted by Crippen LogP contribution is 2.36. The number of rotatable bonds is 4. The summed E-state index contributed by atoms with van der Waals surface area (Å²) in [5, 5.41) is 11.4. The molecule has 1 N–H and O–H groups in total. The minimum atomic E-state index is 0.00814. The summed E-state index contributed by atoms with van der Waals surface area (Å²) in [5.41, 5.74) is 1.23. The Kier molecular flexibility index (Phi) is 3.43. The monoisotopic (exact) mass is 314 g/mol. The number of carbonyl (C=O) groups excluding carboxylic acids is 1. The molecule has 3 heterocycles. The minimum absolute atomic E-state index is 0.00814. The maximum absolute atomic E-state index is 12.5. The van der Waals surface area contributed by atoms with Crippen LogP contribution in [0.15, 0.2) is 6.20 Å². The third-order valence-electron chi connectivity index (χ3n) is 4.93. The predicted molar refractivity (Wildman–Crippen MR) is 83.7 cm³/mol. The molecular weight excluding hydrogens is 292 g/mol. The Morgan fingerprint density at radius 1 is 1.26 bits per heavy atom. The van der Waals surface area contributed by atoms with E-state index in [4.69, 9.17) is 0 Å². The molecule has 23 heavy (non-hydrogen) atoms. The van der Waals surface area contributed by atoms with E-state index in [9.17, 15) is 4.79 Å². The number of aryl methyl sites for hydroxylation is 3. The molecule has 1 aliphatic carbocycles. The zero-order chi connectivity index (χ0) is 16.0. The van der Waals surface area contributed by atoms with Crippen LogP contribution >= 0.6 is 0 Å². The molecule has 1 fully saturated rings. The molecule has 0 spiro atoms. The Labute approximate surface area is 135 Å². The van der Waals surface area contributed by atoms with Gasteiger partial charge in [0.15, 0.2) is 5.82 Å². The van der Waals surface area contributed by atoms with Crippen molar-refractivity contribution in [1.29, 1.82) is 0 Å². The van der Waals surface area contributed by atoms with Crippen molar-refractivity contribution in [2.24, 2.45) is 5.92 Å². The molecule has 1 atom stereocenters. The fourth-order valence-corrected chi connectivity index (χ4v) is 3.46. The lowest BCUT2D eigenvalue weighted by molar-refractivity contribution is -0.126. The Bertz CT molecular complexity index is 742. The second-order valence-corrected chi connectivity index (χ2v) is 6.63. The molecule has 2 aromatic heterocycles. The third kappa shape index (κ3) is 2.64. The summed E-state index contributed by atoms with van der Waals surface area (Å²) >= 11 is 0. The molecule has 1 amide bonds. The van der Waals surface area contributed by atoms with Gasteiger partial charge in [0, 0.05) is 24.5 Å². The summed E-state index contributed by atoms with van der Waals surface area (Å²) < 4.78 is 4.32. The van der Waals surface area contributed by atoms with E-state index in [-0.39, 0.29) is 11.8 Å². The molecule has 0 bridgehead atoms. The standard InChI is InChI=1S/C16H22N6O/c1-10-17-7-14-4-3-12(9-21(10)14)16(23)18-8-15-20-19-11(2)22(15)13-5-6-13/h7,12-13H,3-6,8-9H2,1-2H3,(H,18,23). The first-order valence-electron chi connectivity index (χ1n) is 8.32. The van der Waals surface area contributed by atoms with Crippen molar-refractivity contribution in [3.8, 4) is 0 Å². The number of imidazole rings is 1. The van der Waals surface area contributed by atoms with Crippen LogP contribution in [-0.4, -0.2) is 30.2 Å². The lowest BCUT2D eigenvalue weighted by Gasteiger charge is -2.24. The normalized spacial score (nSPS) is 20.3. The summed E-state index contributed by atoms with van der Waals surface area (Å²) in [7, 11) is 0. The summed E-state index contributed by atoms with van der Waals surface area (Å²) in [6.07, 6.45) is 6.09. The van der Waals surface area contributed by atoms with Gasteiger partial charge in [-0.1, -0.05) is 0 Å². The number of aromatic nitrogens is 5. The largest absolute Gasteiger partial charge is 0.348 e. The first-order valence-corrected chi connectivity index (χ1v) is 8.32. The SMILES string of the molecule is Cc1ncc2n1CC(C(=O)NCc1nnc(C)n1C1CC1)CC2. The van der Waals surface area contributed by atoms with Crippen LogP contribution in [0.3, 0.4) is 0 Å². The predicted octanol–water partition coefficient (Wildman–Crippen LogP) is 1.31. The van der Waals surface area contributed by atoms with Gasteiger partial charge in [-0.3, -0.25) is 4.79 Å². The van der Waals surface area contributed by atoms with Gasteiger partial charge in [0.2, 0.25) is 5.91 Å². The smallest absolute Gasteiger partial charge is 0.225 e. The zero-order valence-electron chi connectivity index (χ0n) is 13.6. The summed E-state index contributed by atoms with van der Waals surface area (Å²) in [6, 6.07) is 0.530. The molecule has 122 valence electrons. The van der Waals surface area contributed by atoms with E-state index >= 15 is 0 Å². The fraction of sp³-hybridized carbons (Fsp3) is 0.625. The number of hydrogen-bond acceptors (Lipinski definition) is 4. The summed E-state index contributed by atoms with van der Waals surface area (Å²) in [4.78, 5) is 16.9. The van der Waals surface area contributed by atoms with Crippen LogP contribution in [0.1, 0.15) is 48.5 Å². The number of amides is 1. The number of nitrogens with one attached hydrogen (secondary N) is 1. The maximum Gasteiger partial charge on any atom is 0.225 e. The fourth-order valence-electron chi connectivity index (χ4n) is 3.46. The van der Waals surface area contributed by atoms with E-state index in [1.165, 1.54) is 18.5 Å². The lowest BCUT2D eigenvalue weighted by atomic mass is 9.97. The van der Waals surface area contributed by atoms with Gasteiger partial charge in [-0.25, -0.2) is 4.98 Å². The lowest BCUT2D eigenvalue weighted by Crippen LogP contribution is -2.36. The van der Waals surface area contributed by atoms with Crippen LogP contribution in [0.5, 0.6) is 0 Å². The Morgan fingerprint density at radius 2 is 2.09 bits per heavy atom. The highest BCUT2D eigenvalue weighted by Gasteiger charge is 2.29. The Hall–Kier alpha value is -2.18. The number of carbonyl (C=O) groups is 1. The molecule has 0 aromatic carbocycles. The highest BCUT2D eigenvalue weighted by molar-refractivity contribution is 5.78. The number of fused-ring (bicyclic) bond motifs is 1. The van der Waals surface area contributed by atoms with Gasteiger partial charge >= 0.3 is 0 Å². The first kappa shape index (κ1) is 14.4. The van der Waals surface area contributed by atoms with Crippen LogP contribution in [0.2, 0.25) is 0 Å². The van der Waals surface area contributed by atoms with Crippen molar-refractivity contribution in [3.63, 3.8) is 0 Å². The van der Waals surface area contributed by atoms with Crippen molar-refractivity contribution in [2.75, 3.05) is 0 Å². The van der Waals surface area contributed by atoms with E-state index in [0.717, 1.165) is 36.9 Å². The number of nitrogens with zero attached hydrogens (tertiary/aromatic N) is 5. The van der Waals surface area contributed by atoms with E-state index in [2.05, 4.69) is 29.6 Å². The van der Waals surface area contributed by atoms with Crippen molar-refractivity contribution in [2.45, 2.75) is 58.7 Å². The Morgan fingerprint density at radius 3 is 2.87 bits per heavy atom. The van der Waals surface area contributed by atoms with Crippen LogP contribution < -0.4 is 5.32 Å². The van der Waals surface area contributed by atoms with E-state index < -0.39 is 0 Å². The van der Waals surface area contributed by atoms with Gasteiger partial charge in [0.05, 0.1) is 12.5 Å². The number of hydrogen-bond donors (Lipinski definition) is 1. The first-order chi connectivity index (χ1) is 11.1. The van der Waals surface area contributed by atoms with Gasteiger partial charge < -0.3 is 14.5 Å². The van der Waals surface area contributed by atoms with E-state index in [0.29, 0.717) is 12.6 Å². The molecule has 4 rings (SSSR count). The van der Waals surface area contributed by atoms with Crippen LogP contribution in [0, 0.1) is 19.8 Å². The molecular formula is C16H22N6O. The van der Waals surface area contributed by atoms with Crippen LogP contribution in [-0.2, 0) is 24.3 Å². The molecule has 7 heteroatoms. The third-order valence-corrected chi connectivity index (χ3v) is 4.93. The Balaban J connectivity index is 1.40. The van der Waals surface area contributed by atoms with E-state index in [1.807, 2.05) is 20.0 Å². The quantitative estimate of drug-likeness (QED) is 0.923. The second kappa shape index (κ2) is 5.47. The molecule has 0 saturated heterocycles. The van der Waals surface area contributed by atoms with Crippen molar-refractivity contribution < 1.29 is 4.79 Å². The zero-order valence-corrected chi connectivity index (χ0v) is 13.6. The second-order valence-electron chi connectivity index (χ2n) is 6.63. The minimum Gasteiger partial charge on any atom is -0.348 e. The maximum atomic E-state index is 12.5. The topological polar surface area (TPSA) is 77.6 Å². The van der Waals surface area contributed by atoms with Crippen LogP contribution in [0.25, 0.3) is 0 Å². The van der Waals surface area contributed by atoms with Gasteiger partial charge in [-0.05, 0) is 39.5 Å². The average molecular weight is 314 g/mol. The molecule has 1 unspecified atom stereocenters. The van der Waals surface area contributed by atoms with Gasteiger partial charge in [0.25, 0.3) is 0 Å². The summed E-state index contributed by atoms with van der Waals surface area (Å²) in [5.74, 6) is 2.91. The van der Waals surface area contributed by atoms with Crippen molar-refractivity contribution in [3.05, 3.63) is 29.4 Å². The van der Waals surface area contributed by atoms with Gasteiger partial charge in [-0.2, -0.15) is 0 Å². The molecule has 1 aliphatic heterocycles. The van der Waals surface area contributed by atoms with Gasteiger partial charge in [0.1, 0.15) is 11.6 Å². The molecule has 7 nitrogen and oxygen atoms in total. The molecule has 0 radical (unpaired) electrons. The van der Waals surface area contributed by atoms with Crippen molar-refractivity contribution in [1.82, 2.24) is 29.6 Å². The average Bonchev–Trinajstić information content (AvgIpc) is 3.23. The highest BCUT2D eigenvalue weighted by atomic mass is 16.1. The molecule has 2 aliphatic rings. The molecule has 1 saturated carbocycles. The molecule has 2 aromatic rings. The summed E-state index contributed by atoms with van der Waals surface area (Å²) in [6.45, 7) is 5.15. The van der Waals surface area contributed by atoms with E-state index in [1.54, 1.807) is 0 Å². The van der Waals surface area contributed by atoms with Crippen LogP contribution in [0.4, 0.5) is 0 Å². The van der Waals surface area contributed by atoms with Crippen molar-refractivity contribution >= 4 is 5.91 Å².